The third-order valence-electron chi connectivity index (χ3n) is 6.42. The van der Waals surface area contributed by atoms with Gasteiger partial charge in [0.25, 0.3) is 0 Å². The van der Waals surface area contributed by atoms with Gasteiger partial charge in [0.15, 0.2) is 23.4 Å². The van der Waals surface area contributed by atoms with Gasteiger partial charge in [0, 0.05) is 24.1 Å². The van der Waals surface area contributed by atoms with Gasteiger partial charge in [0.1, 0.15) is 5.60 Å². The van der Waals surface area contributed by atoms with Gasteiger partial charge in [-0.1, -0.05) is 6.07 Å². The van der Waals surface area contributed by atoms with Crippen molar-refractivity contribution in [3.8, 4) is 11.5 Å². The molecule has 21 heavy (non-hydrogen) atoms. The number of carbonyl (C=O) groups is 1. The van der Waals surface area contributed by atoms with Crippen LogP contribution in [-0.2, 0) is 10.2 Å². The van der Waals surface area contributed by atoms with Gasteiger partial charge < -0.3 is 20.3 Å². The summed E-state index contributed by atoms with van der Waals surface area (Å²) in [6, 6.07) is 3.48. The Labute approximate surface area is 120 Å². The number of hydrogen-bond acceptors (Lipinski definition) is 5. The fourth-order valence-corrected chi connectivity index (χ4v) is 5.93. The molecular weight excluding hydrogens is 270 g/mol. The Kier molecular flexibility index (Phi) is 1.41. The number of benzene rings is 1. The van der Waals surface area contributed by atoms with Gasteiger partial charge in [-0.05, 0) is 29.7 Å². The van der Waals surface area contributed by atoms with E-state index >= 15 is 0 Å². The molecule has 5 heteroatoms. The fourth-order valence-electron chi connectivity index (χ4n) is 5.93. The maximum Gasteiger partial charge on any atom is 0.197 e. The Hall–Kier alpha value is -1.85. The Morgan fingerprint density at radius 1 is 1.38 bits per heavy atom. The van der Waals surface area contributed by atoms with Gasteiger partial charge in [0.2, 0.25) is 0 Å². The summed E-state index contributed by atoms with van der Waals surface area (Å²) in [4.78, 5) is 12.4. The molecule has 2 aliphatic heterocycles. The number of phenols is 1. The second-order valence-electron chi connectivity index (χ2n) is 6.82. The van der Waals surface area contributed by atoms with E-state index in [1.165, 1.54) is 6.08 Å². The van der Waals surface area contributed by atoms with Crippen LogP contribution in [0.4, 0.5) is 0 Å². The highest BCUT2D eigenvalue weighted by atomic mass is 16.5. The van der Waals surface area contributed by atoms with Crippen LogP contribution in [0.15, 0.2) is 24.3 Å². The number of rotatable bonds is 0. The Morgan fingerprint density at radius 3 is 3.10 bits per heavy atom. The van der Waals surface area contributed by atoms with Gasteiger partial charge in [-0.2, -0.15) is 0 Å². The van der Waals surface area contributed by atoms with Crippen molar-refractivity contribution in [2.24, 2.45) is 5.92 Å². The summed E-state index contributed by atoms with van der Waals surface area (Å²) in [7, 11) is 0. The molecule has 1 saturated heterocycles. The number of hydrogen-bond donors (Lipinski definition) is 3. The topological polar surface area (TPSA) is 78.8 Å². The molecule has 2 heterocycles. The molecule has 1 spiro atoms. The van der Waals surface area contributed by atoms with Crippen molar-refractivity contribution in [3.05, 3.63) is 35.4 Å². The molecule has 2 fully saturated rings. The minimum absolute atomic E-state index is 0.0593. The first-order valence-electron chi connectivity index (χ1n) is 7.32. The fraction of sp³-hybridized carbons (Fsp3) is 0.438. The van der Waals surface area contributed by atoms with E-state index in [4.69, 9.17) is 4.74 Å². The zero-order valence-corrected chi connectivity index (χ0v) is 11.0. The maximum atomic E-state index is 12.4. The van der Waals surface area contributed by atoms with Gasteiger partial charge >= 0.3 is 0 Å². The molecule has 2 unspecified atom stereocenters. The smallest absolute Gasteiger partial charge is 0.197 e. The Balaban J connectivity index is 1.82. The van der Waals surface area contributed by atoms with Crippen LogP contribution in [0.5, 0.6) is 11.5 Å². The predicted octanol–water partition coefficient (Wildman–Crippen LogP) is -0.0402. The van der Waals surface area contributed by atoms with E-state index in [2.05, 4.69) is 5.32 Å². The molecule has 0 aromatic heterocycles. The zero-order valence-electron chi connectivity index (χ0n) is 11.0. The average molecular weight is 283 g/mol. The van der Waals surface area contributed by atoms with E-state index < -0.39 is 17.1 Å². The number of aliphatic hydroxyl groups is 1. The van der Waals surface area contributed by atoms with Crippen LogP contribution in [0.2, 0.25) is 0 Å². The monoisotopic (exact) mass is 283 g/mol. The normalized spacial score (nSPS) is 49.7. The first-order chi connectivity index (χ1) is 10.1. The second-order valence-corrected chi connectivity index (χ2v) is 6.82. The standard InChI is InChI=1S/C16H13NO4/c18-8-2-1-6-10-7-5-17-13(10)15(20)4-3-9(19)14-16(7,15)11(6)12(8)21-14/h1-4,7,10,13-14,17-18,20H,5H2/t7?,10?,13-,14+,15-,16+/m1/s1. The summed E-state index contributed by atoms with van der Waals surface area (Å²) in [5.74, 6) is 0.676. The highest BCUT2D eigenvalue weighted by molar-refractivity contribution is 6.00. The van der Waals surface area contributed by atoms with E-state index in [-0.39, 0.29) is 29.4 Å². The molecule has 1 aromatic carbocycles. The van der Waals surface area contributed by atoms with E-state index in [9.17, 15) is 15.0 Å². The number of nitrogens with one attached hydrogen (secondary N) is 1. The number of carbonyl (C=O) groups excluding carboxylic acids is 1. The zero-order chi connectivity index (χ0) is 14.1. The van der Waals surface area contributed by atoms with E-state index in [0.717, 1.165) is 17.7 Å². The third-order valence-corrected chi connectivity index (χ3v) is 6.42. The number of ketones is 1. The number of aromatic hydroxyl groups is 1. The lowest BCUT2D eigenvalue weighted by molar-refractivity contribution is -0.134. The molecule has 3 aliphatic carbocycles. The highest BCUT2D eigenvalue weighted by Crippen LogP contribution is 2.75. The SMILES string of the molecule is O=C1C=C[C@@]2(O)[C@@H]3NCC4C3c3ccc(O)c5c3[C@]42[C@H]1O5. The molecule has 3 N–H and O–H groups in total. The van der Waals surface area contributed by atoms with E-state index in [0.29, 0.717) is 5.75 Å². The molecule has 106 valence electrons. The summed E-state index contributed by atoms with van der Waals surface area (Å²) in [5.41, 5.74) is 0.173. The van der Waals surface area contributed by atoms with E-state index in [1.54, 1.807) is 12.1 Å². The first kappa shape index (κ1) is 10.8. The van der Waals surface area contributed by atoms with Crippen molar-refractivity contribution in [3.63, 3.8) is 0 Å². The van der Waals surface area contributed by atoms with Crippen LogP contribution in [-0.4, -0.2) is 40.3 Å². The van der Waals surface area contributed by atoms with Gasteiger partial charge in [-0.3, -0.25) is 4.79 Å². The van der Waals surface area contributed by atoms with Gasteiger partial charge in [-0.15, -0.1) is 0 Å². The molecule has 1 aromatic rings. The Morgan fingerprint density at radius 2 is 2.24 bits per heavy atom. The summed E-state index contributed by atoms with van der Waals surface area (Å²) in [5, 5.41) is 24.9. The van der Waals surface area contributed by atoms with Gasteiger partial charge in [0.05, 0.1) is 5.41 Å². The summed E-state index contributed by atoms with van der Waals surface area (Å²) >= 11 is 0. The lowest BCUT2D eigenvalue weighted by Crippen LogP contribution is -2.69. The van der Waals surface area contributed by atoms with Crippen molar-refractivity contribution in [1.82, 2.24) is 5.32 Å². The first-order valence-corrected chi connectivity index (χ1v) is 7.32. The van der Waals surface area contributed by atoms with Crippen molar-refractivity contribution in [2.75, 3.05) is 6.54 Å². The third kappa shape index (κ3) is 0.756. The average Bonchev–Trinajstić information content (AvgIpc) is 3.14. The van der Waals surface area contributed by atoms with Crippen LogP contribution < -0.4 is 10.1 Å². The number of piperidine rings is 1. The summed E-state index contributed by atoms with van der Waals surface area (Å²) in [6.07, 6.45) is 2.38. The predicted molar refractivity (Wildman–Crippen MR) is 71.3 cm³/mol. The largest absolute Gasteiger partial charge is 0.504 e. The molecule has 5 nitrogen and oxygen atoms in total. The Bertz CT molecular complexity index is 787. The number of ether oxygens (including phenoxy) is 1. The quantitative estimate of drug-likeness (QED) is 0.623. The van der Waals surface area contributed by atoms with Crippen molar-refractivity contribution in [1.29, 1.82) is 0 Å². The molecule has 6 rings (SSSR count). The molecule has 4 bridgehead atoms. The number of phenolic OH excluding ortho intramolecular Hbond substituents is 1. The molecule has 0 amide bonds. The minimum Gasteiger partial charge on any atom is -0.504 e. The molecular formula is C16H13NO4. The van der Waals surface area contributed by atoms with E-state index in [1.807, 2.05) is 6.07 Å². The molecule has 5 aliphatic rings. The van der Waals surface area contributed by atoms with Crippen LogP contribution in [0.3, 0.4) is 0 Å². The van der Waals surface area contributed by atoms with Crippen LogP contribution >= 0.6 is 0 Å². The van der Waals surface area contributed by atoms with Gasteiger partial charge in [-0.25, -0.2) is 0 Å². The molecule has 1 saturated carbocycles. The minimum atomic E-state index is -1.11. The second kappa shape index (κ2) is 2.74. The molecule has 0 radical (unpaired) electrons. The van der Waals surface area contributed by atoms with Crippen LogP contribution in [0, 0.1) is 5.92 Å². The lowest BCUT2D eigenvalue weighted by Gasteiger charge is -2.50. The van der Waals surface area contributed by atoms with Crippen LogP contribution in [0.25, 0.3) is 0 Å². The maximum absolute atomic E-state index is 12.4. The van der Waals surface area contributed by atoms with Crippen LogP contribution in [0.1, 0.15) is 17.0 Å². The van der Waals surface area contributed by atoms with Crippen molar-refractivity contribution < 1.29 is 19.7 Å². The van der Waals surface area contributed by atoms with Crippen molar-refractivity contribution >= 4 is 5.78 Å². The number of fused-ring (bicyclic) bond motifs is 1. The summed E-state index contributed by atoms with van der Waals surface area (Å²) in [6.45, 7) is 0.771. The highest BCUT2D eigenvalue weighted by Gasteiger charge is 2.83. The molecule has 6 atom stereocenters. The van der Waals surface area contributed by atoms with Crippen molar-refractivity contribution in [2.45, 2.75) is 29.1 Å². The summed E-state index contributed by atoms with van der Waals surface area (Å²) < 4.78 is 5.87. The lowest BCUT2D eigenvalue weighted by atomic mass is 9.58.